The Bertz CT molecular complexity index is 1780. The Labute approximate surface area is 267 Å². The molecule has 1 amide bonds. The Hall–Kier alpha value is -5.40. The monoisotopic (exact) mass is 632 g/mol. The van der Waals surface area contributed by atoms with Crippen LogP contribution in [0, 0.1) is 17.0 Å². The third kappa shape index (κ3) is 7.28. The highest BCUT2D eigenvalue weighted by Crippen LogP contribution is 2.36. The molecule has 0 fully saturated rings. The Morgan fingerprint density at radius 1 is 1.09 bits per heavy atom. The Balaban J connectivity index is 1.68. The fourth-order valence-corrected chi connectivity index (χ4v) is 4.83. The van der Waals surface area contributed by atoms with Crippen LogP contribution in [0.1, 0.15) is 36.7 Å². The summed E-state index contributed by atoms with van der Waals surface area (Å²) in [6, 6.07) is 10.9. The van der Waals surface area contributed by atoms with Crippen molar-refractivity contribution in [2.45, 2.75) is 33.3 Å². The summed E-state index contributed by atoms with van der Waals surface area (Å²) in [5.74, 6) is -0.457. The smallest absolute Gasteiger partial charge is 0.410 e. The molecule has 2 aromatic heterocycles. The van der Waals surface area contributed by atoms with Crippen molar-refractivity contribution in [2.24, 2.45) is 0 Å². The van der Waals surface area contributed by atoms with Crippen LogP contribution in [0.4, 0.5) is 27.8 Å². The number of nitro benzene ring substituents is 1. The number of carbonyl (C=O) groups is 2. The second-order valence-corrected chi connectivity index (χ2v) is 12.1. The standard InChI is InChI=1S/C32H40N8O6/c1-20-16-26(37(7)14-15-38(8)31(42)46-32(2,3)4)27(40(43)44)17-24(20)34-30-33-18-22(29(41)45-9)28(35-30)23-19-39(36(5)6)25-13-11-10-12-21(23)25/h10-13,16-19H,14-15H2,1-9H3,(H,33,34,35). The first-order valence-corrected chi connectivity index (χ1v) is 14.6. The molecule has 4 rings (SSSR count). The molecule has 0 spiro atoms. The first kappa shape index (κ1) is 33.5. The minimum absolute atomic E-state index is 0.141. The number of nitrogens with one attached hydrogen (secondary N) is 1. The van der Waals surface area contributed by atoms with Gasteiger partial charge in [-0.05, 0) is 45.4 Å². The SMILES string of the molecule is COC(=O)c1cnc(Nc2cc([N+](=O)[O-])c(N(C)CCN(C)C(=O)OC(C)(C)C)cc2C)nc1-c1cn(N(C)C)c2ccccc12. The van der Waals surface area contributed by atoms with Crippen LogP contribution in [0.25, 0.3) is 22.2 Å². The van der Waals surface area contributed by atoms with Crippen LogP contribution in [0.5, 0.6) is 0 Å². The van der Waals surface area contributed by atoms with Crippen molar-refractivity contribution in [3.8, 4) is 11.3 Å². The minimum Gasteiger partial charge on any atom is -0.465 e. The lowest BCUT2D eigenvalue weighted by molar-refractivity contribution is -0.384. The molecule has 0 radical (unpaired) electrons. The summed E-state index contributed by atoms with van der Waals surface area (Å²) in [7, 11) is 8.44. The second-order valence-electron chi connectivity index (χ2n) is 12.1. The molecule has 244 valence electrons. The number of fused-ring (bicyclic) bond motifs is 1. The molecule has 46 heavy (non-hydrogen) atoms. The molecule has 0 bridgehead atoms. The lowest BCUT2D eigenvalue weighted by atomic mass is 10.1. The van der Waals surface area contributed by atoms with Crippen molar-refractivity contribution in [3.63, 3.8) is 0 Å². The van der Waals surface area contributed by atoms with E-state index in [9.17, 15) is 19.7 Å². The molecule has 14 heteroatoms. The number of anilines is 3. The van der Waals surface area contributed by atoms with E-state index in [0.29, 0.717) is 34.7 Å². The van der Waals surface area contributed by atoms with Crippen LogP contribution in [0.3, 0.4) is 0 Å². The van der Waals surface area contributed by atoms with Crippen LogP contribution in [-0.2, 0) is 9.47 Å². The number of rotatable bonds is 10. The van der Waals surface area contributed by atoms with Gasteiger partial charge in [0.2, 0.25) is 5.95 Å². The number of ether oxygens (including phenoxy) is 2. The summed E-state index contributed by atoms with van der Waals surface area (Å²) in [5, 5.41) is 18.1. The maximum atomic E-state index is 12.8. The molecule has 0 aliphatic heterocycles. The number of amides is 1. The lowest BCUT2D eigenvalue weighted by Gasteiger charge is -2.27. The van der Waals surface area contributed by atoms with E-state index >= 15 is 0 Å². The fourth-order valence-electron chi connectivity index (χ4n) is 4.83. The van der Waals surface area contributed by atoms with Gasteiger partial charge in [0.15, 0.2) is 0 Å². The van der Waals surface area contributed by atoms with Crippen LogP contribution in [0.15, 0.2) is 48.8 Å². The number of likely N-dealkylation sites (N-methyl/N-ethyl adjacent to an activating group) is 2. The molecule has 4 aromatic rings. The molecule has 0 atom stereocenters. The van der Waals surface area contributed by atoms with E-state index in [-0.39, 0.29) is 23.7 Å². The van der Waals surface area contributed by atoms with E-state index in [1.165, 1.54) is 24.3 Å². The number of hydrogen-bond donors (Lipinski definition) is 1. The molecule has 0 aliphatic rings. The van der Waals surface area contributed by atoms with Gasteiger partial charge in [-0.25, -0.2) is 19.6 Å². The average molecular weight is 633 g/mol. The van der Waals surface area contributed by atoms with Gasteiger partial charge in [0, 0.05) is 70.7 Å². The fraction of sp³-hybridized carbons (Fsp3) is 0.375. The van der Waals surface area contributed by atoms with Gasteiger partial charge in [-0.15, -0.1) is 0 Å². The Morgan fingerprint density at radius 3 is 2.41 bits per heavy atom. The van der Waals surface area contributed by atoms with E-state index in [4.69, 9.17) is 14.5 Å². The van der Waals surface area contributed by atoms with Crippen molar-refractivity contribution >= 4 is 46.0 Å². The number of aryl methyl sites for hydroxylation is 1. The van der Waals surface area contributed by atoms with Crippen LogP contribution < -0.4 is 15.2 Å². The van der Waals surface area contributed by atoms with Crippen LogP contribution in [-0.4, -0.2) is 90.5 Å². The number of aromatic nitrogens is 3. The topological polar surface area (TPSA) is 148 Å². The quantitative estimate of drug-likeness (QED) is 0.137. The molecule has 1 N–H and O–H groups in total. The van der Waals surface area contributed by atoms with E-state index in [0.717, 1.165) is 10.9 Å². The van der Waals surface area contributed by atoms with E-state index in [2.05, 4.69) is 10.3 Å². The highest BCUT2D eigenvalue weighted by Gasteiger charge is 2.25. The van der Waals surface area contributed by atoms with Gasteiger partial charge in [0.05, 0.1) is 28.9 Å². The Morgan fingerprint density at radius 2 is 1.78 bits per heavy atom. The number of hydrogen-bond acceptors (Lipinski definition) is 11. The average Bonchev–Trinajstić information content (AvgIpc) is 3.39. The zero-order valence-corrected chi connectivity index (χ0v) is 27.6. The molecular weight excluding hydrogens is 592 g/mol. The van der Waals surface area contributed by atoms with Crippen molar-refractivity contribution in [1.82, 2.24) is 19.5 Å². The maximum Gasteiger partial charge on any atom is 0.410 e. The molecule has 2 aromatic carbocycles. The summed E-state index contributed by atoms with van der Waals surface area (Å²) in [6.07, 6.45) is 2.78. The first-order chi connectivity index (χ1) is 21.6. The zero-order valence-electron chi connectivity index (χ0n) is 27.6. The molecule has 2 heterocycles. The van der Waals surface area contributed by atoms with Crippen LogP contribution >= 0.6 is 0 Å². The third-order valence-electron chi connectivity index (χ3n) is 7.22. The zero-order chi connectivity index (χ0) is 33.9. The molecule has 0 saturated carbocycles. The van der Waals surface area contributed by atoms with E-state index < -0.39 is 22.6 Å². The number of methoxy groups -OCH3 is 1. The van der Waals surface area contributed by atoms with Gasteiger partial charge >= 0.3 is 12.1 Å². The normalized spacial score (nSPS) is 11.2. The number of benzene rings is 2. The summed E-state index contributed by atoms with van der Waals surface area (Å²) in [5.41, 5.74) is 2.83. The molecule has 0 saturated heterocycles. The van der Waals surface area contributed by atoms with E-state index in [1.807, 2.05) is 61.2 Å². The number of nitrogens with zero attached hydrogens (tertiary/aromatic N) is 7. The van der Waals surface area contributed by atoms with Gasteiger partial charge in [-0.2, -0.15) is 0 Å². The third-order valence-corrected chi connectivity index (χ3v) is 7.22. The van der Waals surface area contributed by atoms with Crippen molar-refractivity contribution in [1.29, 1.82) is 0 Å². The van der Waals surface area contributed by atoms with Gasteiger partial charge in [-0.1, -0.05) is 18.2 Å². The number of para-hydroxylation sites is 1. The minimum atomic E-state index is -0.634. The molecule has 0 unspecified atom stereocenters. The van der Waals surface area contributed by atoms with Gasteiger partial charge in [0.25, 0.3) is 5.69 Å². The summed E-state index contributed by atoms with van der Waals surface area (Å²) < 4.78 is 12.4. The maximum absolute atomic E-state index is 12.8. The number of esters is 1. The van der Waals surface area contributed by atoms with Crippen molar-refractivity contribution in [2.75, 3.05) is 63.6 Å². The largest absolute Gasteiger partial charge is 0.465 e. The first-order valence-electron chi connectivity index (χ1n) is 14.6. The number of nitro groups is 1. The van der Waals surface area contributed by atoms with E-state index in [1.54, 1.807) is 45.8 Å². The number of carbonyl (C=O) groups excluding carboxylic acids is 2. The predicted octanol–water partition coefficient (Wildman–Crippen LogP) is 5.35. The van der Waals surface area contributed by atoms with Crippen molar-refractivity contribution < 1.29 is 24.0 Å². The lowest BCUT2D eigenvalue weighted by Crippen LogP contribution is -2.38. The highest BCUT2D eigenvalue weighted by molar-refractivity contribution is 6.03. The molecular formula is C32H40N8O6. The molecule has 0 aliphatic carbocycles. The van der Waals surface area contributed by atoms with Crippen molar-refractivity contribution in [3.05, 3.63) is 70.0 Å². The predicted molar refractivity (Wildman–Crippen MR) is 178 cm³/mol. The van der Waals surface area contributed by atoms with Crippen LogP contribution in [0.2, 0.25) is 0 Å². The summed E-state index contributed by atoms with van der Waals surface area (Å²) in [6.45, 7) is 7.78. The summed E-state index contributed by atoms with van der Waals surface area (Å²) in [4.78, 5) is 49.1. The Kier molecular flexibility index (Phi) is 9.69. The molecule has 14 nitrogen and oxygen atoms in total. The highest BCUT2D eigenvalue weighted by atomic mass is 16.6. The summed E-state index contributed by atoms with van der Waals surface area (Å²) >= 11 is 0. The van der Waals surface area contributed by atoms with Gasteiger partial charge in [-0.3, -0.25) is 14.8 Å². The second kappa shape index (κ2) is 13.3. The van der Waals surface area contributed by atoms with Gasteiger partial charge in [0.1, 0.15) is 16.9 Å². The van der Waals surface area contributed by atoms with Gasteiger partial charge < -0.3 is 29.6 Å².